The van der Waals surface area contributed by atoms with Gasteiger partial charge in [0.2, 0.25) is 0 Å². The van der Waals surface area contributed by atoms with Crippen LogP contribution in [0, 0.1) is 5.92 Å². The Hall–Kier alpha value is -2.24. The number of aromatic nitrogens is 1. The summed E-state index contributed by atoms with van der Waals surface area (Å²) in [5.41, 5.74) is 1.50. The van der Waals surface area contributed by atoms with Crippen LogP contribution in [-0.2, 0) is 16.0 Å². The zero-order valence-electron chi connectivity index (χ0n) is 19.2. The van der Waals surface area contributed by atoms with Crippen LogP contribution in [0.3, 0.4) is 0 Å². The number of carboxylic acid groups (broad SMARTS) is 1. The predicted octanol–water partition coefficient (Wildman–Crippen LogP) is 3.21. The number of rotatable bonds is 8. The number of hydrogen-bond donors (Lipinski definition) is 2. The molecule has 1 aromatic heterocycles. The minimum absolute atomic E-state index is 0. The van der Waals surface area contributed by atoms with Gasteiger partial charge in [-0.1, -0.05) is 6.07 Å². The molecular weight excluding hydrogens is 480 g/mol. The molecule has 2 aliphatic rings. The number of aromatic carboxylic acids is 1. The zero-order chi connectivity index (χ0) is 23.2. The van der Waals surface area contributed by atoms with E-state index in [1.54, 1.807) is 17.5 Å². The molecule has 2 N–H and O–H groups in total. The molecule has 1 aromatic carbocycles. The molecule has 34 heavy (non-hydrogen) atoms. The van der Waals surface area contributed by atoms with Gasteiger partial charge in [-0.25, -0.2) is 9.78 Å². The molecule has 0 radical (unpaired) electrons. The number of hydrogen-bond acceptors (Lipinski definition) is 8. The molecule has 4 rings (SSSR count). The van der Waals surface area contributed by atoms with Gasteiger partial charge in [-0.15, -0.1) is 23.7 Å². The lowest BCUT2D eigenvalue weighted by Crippen LogP contribution is -2.35. The van der Waals surface area contributed by atoms with Gasteiger partial charge in [0.15, 0.2) is 5.13 Å². The quantitative estimate of drug-likeness (QED) is 0.558. The summed E-state index contributed by atoms with van der Waals surface area (Å²) < 4.78 is 10.8. The van der Waals surface area contributed by atoms with Crippen LogP contribution >= 0.6 is 23.7 Å². The molecule has 0 spiro atoms. The fraction of sp³-hybridized carbons (Fsp3) is 0.522. The number of carboxylic acids is 1. The monoisotopic (exact) mass is 510 g/mol. The lowest BCUT2D eigenvalue weighted by Gasteiger charge is -2.26. The van der Waals surface area contributed by atoms with Crippen LogP contribution in [0.5, 0.6) is 0 Å². The third-order valence-electron chi connectivity index (χ3n) is 6.00. The van der Waals surface area contributed by atoms with E-state index in [1.807, 2.05) is 13.1 Å². The van der Waals surface area contributed by atoms with Gasteiger partial charge in [0.05, 0.1) is 24.5 Å². The van der Waals surface area contributed by atoms with Crippen molar-refractivity contribution >= 4 is 46.4 Å². The lowest BCUT2D eigenvalue weighted by molar-refractivity contribution is 0.0341. The maximum absolute atomic E-state index is 12.8. The average Bonchev–Trinajstić information content (AvgIpc) is 3.32. The Morgan fingerprint density at radius 3 is 2.62 bits per heavy atom. The lowest BCUT2D eigenvalue weighted by atomic mass is 10.0. The van der Waals surface area contributed by atoms with E-state index in [1.165, 1.54) is 11.3 Å². The number of anilines is 2. The average molecular weight is 511 g/mol. The highest BCUT2D eigenvalue weighted by atomic mass is 35.5. The molecule has 0 bridgehead atoms. The molecular formula is C23H31ClN4O5S. The molecule has 11 heteroatoms. The van der Waals surface area contributed by atoms with Crippen LogP contribution in [0.15, 0.2) is 23.6 Å². The summed E-state index contributed by atoms with van der Waals surface area (Å²) in [6.45, 7) is 6.09. The molecule has 3 heterocycles. The van der Waals surface area contributed by atoms with Crippen molar-refractivity contribution in [1.82, 2.24) is 9.88 Å². The van der Waals surface area contributed by atoms with Gasteiger partial charge in [0.1, 0.15) is 5.69 Å². The number of carbonyl (C=O) groups is 2. The number of carbonyl (C=O) groups excluding carboxylic acids is 1. The number of benzene rings is 1. The van der Waals surface area contributed by atoms with Gasteiger partial charge in [0, 0.05) is 51.8 Å². The fourth-order valence-electron chi connectivity index (χ4n) is 4.12. The van der Waals surface area contributed by atoms with Crippen LogP contribution < -0.4 is 10.2 Å². The Kier molecular flexibility index (Phi) is 9.66. The molecule has 2 aliphatic heterocycles. The molecule has 0 aliphatic carbocycles. The van der Waals surface area contributed by atoms with Crippen molar-refractivity contribution in [3.8, 4) is 0 Å². The highest BCUT2D eigenvalue weighted by molar-refractivity contribution is 7.13. The standard InChI is InChI=1S/C23H30N4O5S.ClH/c1-26(13-16-4-8-31-9-5-16)23-25-20(15-33-23)21(28)24-19-3-2-17(12-18(19)22(29)30)14-27-6-10-32-11-7-27;/h2-3,12,15-16H,4-11,13-14H2,1H3,(H,24,28)(H,29,30);1H. The van der Waals surface area contributed by atoms with Crippen molar-refractivity contribution in [1.29, 1.82) is 0 Å². The summed E-state index contributed by atoms with van der Waals surface area (Å²) in [7, 11) is 1.98. The van der Waals surface area contributed by atoms with Crippen LogP contribution in [0.4, 0.5) is 10.8 Å². The maximum atomic E-state index is 12.8. The maximum Gasteiger partial charge on any atom is 0.337 e. The molecule has 0 saturated carbocycles. The summed E-state index contributed by atoms with van der Waals surface area (Å²) in [5.74, 6) is -0.941. The Balaban J connectivity index is 0.00000324. The third-order valence-corrected chi connectivity index (χ3v) is 6.95. The number of halogens is 1. The highest BCUT2D eigenvalue weighted by Gasteiger charge is 2.21. The van der Waals surface area contributed by atoms with Crippen LogP contribution in [0.2, 0.25) is 0 Å². The van der Waals surface area contributed by atoms with E-state index < -0.39 is 11.9 Å². The largest absolute Gasteiger partial charge is 0.478 e. The Labute approximate surface area is 209 Å². The van der Waals surface area contributed by atoms with Crippen molar-refractivity contribution < 1.29 is 24.2 Å². The number of morpholine rings is 1. The van der Waals surface area contributed by atoms with Gasteiger partial charge in [0.25, 0.3) is 5.91 Å². The SMILES string of the molecule is CN(CC1CCOCC1)c1nc(C(=O)Nc2ccc(CN3CCOCC3)cc2C(=O)O)cs1.Cl. The first-order valence-corrected chi connectivity index (χ1v) is 12.1. The van der Waals surface area contributed by atoms with Gasteiger partial charge in [-0.3, -0.25) is 9.69 Å². The van der Waals surface area contributed by atoms with Crippen LogP contribution in [0.1, 0.15) is 39.3 Å². The van der Waals surface area contributed by atoms with E-state index in [-0.39, 0.29) is 29.4 Å². The molecule has 9 nitrogen and oxygen atoms in total. The van der Waals surface area contributed by atoms with E-state index in [0.29, 0.717) is 25.7 Å². The second-order valence-corrected chi connectivity index (χ2v) is 9.32. The summed E-state index contributed by atoms with van der Waals surface area (Å²) in [4.78, 5) is 33.4. The minimum atomic E-state index is -1.08. The van der Waals surface area contributed by atoms with E-state index in [2.05, 4.69) is 20.1 Å². The molecule has 2 saturated heterocycles. The van der Waals surface area contributed by atoms with E-state index >= 15 is 0 Å². The van der Waals surface area contributed by atoms with Gasteiger partial charge >= 0.3 is 5.97 Å². The Morgan fingerprint density at radius 1 is 1.21 bits per heavy atom. The van der Waals surface area contributed by atoms with E-state index in [0.717, 1.165) is 56.4 Å². The first kappa shape index (κ1) is 26.4. The van der Waals surface area contributed by atoms with Crippen LogP contribution in [-0.4, -0.2) is 80.0 Å². The predicted molar refractivity (Wildman–Crippen MR) is 134 cm³/mol. The summed E-state index contributed by atoms with van der Waals surface area (Å²) in [6, 6.07) is 5.13. The molecule has 0 atom stereocenters. The third kappa shape index (κ3) is 6.89. The highest BCUT2D eigenvalue weighted by Crippen LogP contribution is 2.25. The van der Waals surface area contributed by atoms with Gasteiger partial charge in [-0.05, 0) is 36.5 Å². The molecule has 186 valence electrons. The van der Waals surface area contributed by atoms with Crippen molar-refractivity contribution in [2.24, 2.45) is 5.92 Å². The first-order chi connectivity index (χ1) is 16.0. The topological polar surface area (TPSA) is 104 Å². The second kappa shape index (κ2) is 12.5. The van der Waals surface area contributed by atoms with Crippen LogP contribution in [0.25, 0.3) is 0 Å². The number of nitrogens with one attached hydrogen (secondary N) is 1. The first-order valence-electron chi connectivity index (χ1n) is 11.2. The van der Waals surface area contributed by atoms with Crippen molar-refractivity contribution in [2.75, 3.05) is 63.3 Å². The van der Waals surface area contributed by atoms with E-state index in [9.17, 15) is 14.7 Å². The summed E-state index contributed by atoms with van der Waals surface area (Å²) in [5, 5.41) is 14.9. The molecule has 2 aromatic rings. The van der Waals surface area contributed by atoms with Crippen molar-refractivity contribution in [3.05, 3.63) is 40.4 Å². The number of thiazole rings is 1. The summed E-state index contributed by atoms with van der Waals surface area (Å²) >= 11 is 1.41. The number of ether oxygens (including phenoxy) is 2. The number of nitrogens with zero attached hydrogens (tertiary/aromatic N) is 3. The molecule has 1 amide bonds. The van der Waals surface area contributed by atoms with Gasteiger partial charge < -0.3 is 24.8 Å². The summed E-state index contributed by atoms with van der Waals surface area (Å²) in [6.07, 6.45) is 2.06. The Morgan fingerprint density at radius 2 is 1.91 bits per heavy atom. The van der Waals surface area contributed by atoms with E-state index in [4.69, 9.17) is 9.47 Å². The van der Waals surface area contributed by atoms with Crippen molar-refractivity contribution in [3.63, 3.8) is 0 Å². The Bertz CT molecular complexity index is 976. The minimum Gasteiger partial charge on any atom is -0.478 e. The zero-order valence-corrected chi connectivity index (χ0v) is 20.8. The second-order valence-electron chi connectivity index (χ2n) is 8.48. The molecule has 0 unspecified atom stereocenters. The number of amides is 1. The molecule has 2 fully saturated rings. The fourth-order valence-corrected chi connectivity index (χ4v) is 4.90. The smallest absolute Gasteiger partial charge is 0.337 e. The van der Waals surface area contributed by atoms with Crippen molar-refractivity contribution in [2.45, 2.75) is 19.4 Å². The normalized spacial score (nSPS) is 17.1. The van der Waals surface area contributed by atoms with Gasteiger partial charge in [-0.2, -0.15) is 0 Å².